The van der Waals surface area contributed by atoms with Gasteiger partial charge < -0.3 is 4.98 Å². The van der Waals surface area contributed by atoms with Crippen molar-refractivity contribution in [3.05, 3.63) is 17.2 Å². The fourth-order valence-corrected chi connectivity index (χ4v) is 1.47. The lowest BCUT2D eigenvalue weighted by molar-refractivity contribution is 0.0990. The minimum absolute atomic E-state index is 0.188. The normalized spacial score (nSPS) is 15.8. The molecule has 0 radical (unpaired) electrons. The van der Waals surface area contributed by atoms with E-state index in [9.17, 15) is 4.79 Å². The van der Waals surface area contributed by atoms with Gasteiger partial charge in [-0.25, -0.2) is 4.98 Å². The van der Waals surface area contributed by atoms with E-state index in [-0.39, 0.29) is 5.78 Å². The minimum Gasteiger partial charge on any atom is -0.345 e. The molecule has 0 saturated heterocycles. The Morgan fingerprint density at radius 2 is 2.17 bits per heavy atom. The number of fused-ring (bicyclic) bond motifs is 1. The second-order valence-electron chi connectivity index (χ2n) is 3.53. The Bertz CT molecular complexity index is 325. The first-order valence-corrected chi connectivity index (χ1v) is 4.30. The van der Waals surface area contributed by atoms with Crippen molar-refractivity contribution in [2.45, 2.75) is 32.6 Å². The van der Waals surface area contributed by atoms with Gasteiger partial charge in [0.15, 0.2) is 5.78 Å². The standard InChI is InChI=1S/C9H12N2O/c1-5(2)9-10-6-3-4-7(12)8(6)11-9/h5H,3-4H2,1-2H3,(H,10,11). The molecule has 1 heterocycles. The number of aryl methyl sites for hydroxylation is 1. The van der Waals surface area contributed by atoms with Gasteiger partial charge in [-0.1, -0.05) is 13.8 Å². The van der Waals surface area contributed by atoms with Crippen molar-refractivity contribution in [3.63, 3.8) is 0 Å². The smallest absolute Gasteiger partial charge is 0.183 e. The molecule has 0 bridgehead atoms. The lowest BCUT2D eigenvalue weighted by Crippen LogP contribution is -1.96. The van der Waals surface area contributed by atoms with E-state index < -0.39 is 0 Å². The topological polar surface area (TPSA) is 45.8 Å². The molecule has 0 atom stereocenters. The van der Waals surface area contributed by atoms with Crippen LogP contribution in [-0.2, 0) is 6.42 Å². The Kier molecular flexibility index (Phi) is 1.53. The van der Waals surface area contributed by atoms with Crippen LogP contribution in [0.2, 0.25) is 0 Å². The Balaban J connectivity index is 2.43. The van der Waals surface area contributed by atoms with Gasteiger partial charge in [0.2, 0.25) is 0 Å². The van der Waals surface area contributed by atoms with Gasteiger partial charge in [0.25, 0.3) is 0 Å². The summed E-state index contributed by atoms with van der Waals surface area (Å²) in [5.41, 5.74) is 1.71. The summed E-state index contributed by atoms with van der Waals surface area (Å²) in [6, 6.07) is 0. The summed E-state index contributed by atoms with van der Waals surface area (Å²) in [4.78, 5) is 18.7. The number of H-pyrrole nitrogens is 1. The number of ketones is 1. The predicted octanol–water partition coefficient (Wildman–Crippen LogP) is 1.66. The number of aromatic nitrogens is 2. The summed E-state index contributed by atoms with van der Waals surface area (Å²) < 4.78 is 0. The van der Waals surface area contributed by atoms with Crippen LogP contribution < -0.4 is 0 Å². The quantitative estimate of drug-likeness (QED) is 0.686. The monoisotopic (exact) mass is 164 g/mol. The van der Waals surface area contributed by atoms with Gasteiger partial charge in [-0.3, -0.25) is 4.79 Å². The van der Waals surface area contributed by atoms with Crippen LogP contribution in [0, 0.1) is 0 Å². The number of nitrogens with one attached hydrogen (secondary N) is 1. The molecular formula is C9H12N2O. The highest BCUT2D eigenvalue weighted by Gasteiger charge is 2.24. The minimum atomic E-state index is 0.188. The number of hydrogen-bond acceptors (Lipinski definition) is 2. The molecule has 2 rings (SSSR count). The van der Waals surface area contributed by atoms with Crippen LogP contribution in [0.1, 0.15) is 48.2 Å². The third kappa shape index (κ3) is 0.967. The van der Waals surface area contributed by atoms with Crippen molar-refractivity contribution in [2.24, 2.45) is 0 Å². The zero-order valence-electron chi connectivity index (χ0n) is 7.35. The van der Waals surface area contributed by atoms with Gasteiger partial charge in [-0.05, 0) is 6.42 Å². The van der Waals surface area contributed by atoms with Crippen molar-refractivity contribution < 1.29 is 4.79 Å². The molecule has 1 N–H and O–H groups in total. The second kappa shape index (κ2) is 2.44. The van der Waals surface area contributed by atoms with E-state index in [0.717, 1.165) is 17.9 Å². The van der Waals surface area contributed by atoms with E-state index in [1.807, 2.05) is 0 Å². The highest BCUT2D eigenvalue weighted by molar-refractivity contribution is 5.98. The van der Waals surface area contributed by atoms with Gasteiger partial charge in [-0.2, -0.15) is 0 Å². The van der Waals surface area contributed by atoms with E-state index in [1.165, 1.54) is 0 Å². The van der Waals surface area contributed by atoms with Crippen molar-refractivity contribution >= 4 is 5.78 Å². The van der Waals surface area contributed by atoms with E-state index in [2.05, 4.69) is 23.8 Å². The predicted molar refractivity (Wildman–Crippen MR) is 45.3 cm³/mol. The van der Waals surface area contributed by atoms with Crippen LogP contribution in [0.5, 0.6) is 0 Å². The first-order chi connectivity index (χ1) is 5.68. The molecule has 12 heavy (non-hydrogen) atoms. The Hall–Kier alpha value is -1.12. The van der Waals surface area contributed by atoms with Crippen LogP contribution in [0.3, 0.4) is 0 Å². The van der Waals surface area contributed by atoms with E-state index in [4.69, 9.17) is 0 Å². The highest BCUT2D eigenvalue weighted by atomic mass is 16.1. The lowest BCUT2D eigenvalue weighted by Gasteiger charge is -1.97. The van der Waals surface area contributed by atoms with Gasteiger partial charge in [0, 0.05) is 18.0 Å². The Morgan fingerprint density at radius 3 is 2.75 bits per heavy atom. The number of hydrogen-bond donors (Lipinski definition) is 1. The SMILES string of the molecule is CC(C)c1nc2c([nH]1)CCC2=O. The number of nitrogens with zero attached hydrogens (tertiary/aromatic N) is 1. The number of imidazole rings is 1. The van der Waals surface area contributed by atoms with Crippen LogP contribution in [0.15, 0.2) is 0 Å². The molecule has 3 heteroatoms. The average Bonchev–Trinajstić information content (AvgIpc) is 2.53. The van der Waals surface area contributed by atoms with Crippen molar-refractivity contribution in [2.75, 3.05) is 0 Å². The fourth-order valence-electron chi connectivity index (χ4n) is 1.47. The van der Waals surface area contributed by atoms with Crippen LogP contribution in [0.4, 0.5) is 0 Å². The first kappa shape index (κ1) is 7.53. The Morgan fingerprint density at radius 1 is 1.42 bits per heavy atom. The fraction of sp³-hybridized carbons (Fsp3) is 0.556. The molecule has 0 aliphatic heterocycles. The molecular weight excluding hydrogens is 152 g/mol. The first-order valence-electron chi connectivity index (χ1n) is 4.30. The van der Waals surface area contributed by atoms with Crippen molar-refractivity contribution in [1.29, 1.82) is 0 Å². The van der Waals surface area contributed by atoms with Crippen molar-refractivity contribution in [1.82, 2.24) is 9.97 Å². The zero-order chi connectivity index (χ0) is 8.72. The summed E-state index contributed by atoms with van der Waals surface area (Å²) in [7, 11) is 0. The molecule has 1 aromatic rings. The molecule has 1 aliphatic carbocycles. The molecule has 0 amide bonds. The zero-order valence-corrected chi connectivity index (χ0v) is 7.35. The average molecular weight is 164 g/mol. The van der Waals surface area contributed by atoms with Crippen LogP contribution in [-0.4, -0.2) is 15.8 Å². The third-order valence-electron chi connectivity index (χ3n) is 2.21. The lowest BCUT2D eigenvalue weighted by atomic mass is 10.2. The maximum atomic E-state index is 11.2. The maximum absolute atomic E-state index is 11.2. The highest BCUT2D eigenvalue weighted by Crippen LogP contribution is 2.21. The molecule has 0 spiro atoms. The molecule has 1 aliphatic rings. The van der Waals surface area contributed by atoms with Crippen LogP contribution in [0.25, 0.3) is 0 Å². The van der Waals surface area contributed by atoms with Gasteiger partial charge >= 0.3 is 0 Å². The van der Waals surface area contributed by atoms with Gasteiger partial charge in [0.05, 0.1) is 0 Å². The van der Waals surface area contributed by atoms with Crippen molar-refractivity contribution in [3.8, 4) is 0 Å². The molecule has 0 saturated carbocycles. The second-order valence-corrected chi connectivity index (χ2v) is 3.53. The third-order valence-corrected chi connectivity index (χ3v) is 2.21. The number of Topliss-reactive ketones (excluding diaryl/α,β-unsaturated/α-hetero) is 1. The van der Waals surface area contributed by atoms with Gasteiger partial charge in [0.1, 0.15) is 11.5 Å². The number of aromatic amines is 1. The van der Waals surface area contributed by atoms with E-state index in [0.29, 0.717) is 18.0 Å². The molecule has 0 aromatic carbocycles. The number of carbonyl (C=O) groups is 1. The summed E-state index contributed by atoms with van der Waals surface area (Å²) in [5.74, 6) is 1.50. The molecule has 3 nitrogen and oxygen atoms in total. The summed E-state index contributed by atoms with van der Waals surface area (Å²) >= 11 is 0. The van der Waals surface area contributed by atoms with E-state index >= 15 is 0 Å². The van der Waals surface area contributed by atoms with Crippen LogP contribution >= 0.6 is 0 Å². The summed E-state index contributed by atoms with van der Waals surface area (Å²) in [6.07, 6.45) is 1.47. The van der Waals surface area contributed by atoms with E-state index in [1.54, 1.807) is 0 Å². The summed E-state index contributed by atoms with van der Waals surface area (Å²) in [6.45, 7) is 4.14. The Labute approximate surface area is 71.2 Å². The summed E-state index contributed by atoms with van der Waals surface area (Å²) in [5, 5.41) is 0. The molecule has 64 valence electrons. The number of rotatable bonds is 1. The number of carbonyl (C=O) groups excluding carboxylic acids is 1. The van der Waals surface area contributed by atoms with Gasteiger partial charge in [-0.15, -0.1) is 0 Å². The molecule has 1 aromatic heterocycles. The molecule has 0 fully saturated rings. The molecule has 0 unspecified atom stereocenters. The maximum Gasteiger partial charge on any atom is 0.183 e. The largest absolute Gasteiger partial charge is 0.345 e.